The zero-order valence-electron chi connectivity index (χ0n) is 8.09. The molecule has 0 saturated heterocycles. The van der Waals surface area contributed by atoms with Gasteiger partial charge >= 0.3 is 0 Å². The van der Waals surface area contributed by atoms with E-state index in [4.69, 9.17) is 5.73 Å². The van der Waals surface area contributed by atoms with Crippen LogP contribution in [0.3, 0.4) is 0 Å². The number of nitrogen functional groups attached to an aromatic ring is 1. The van der Waals surface area contributed by atoms with Gasteiger partial charge in [0.2, 0.25) is 0 Å². The molecule has 1 atom stereocenters. The molecule has 0 aliphatic carbocycles. The van der Waals surface area contributed by atoms with Crippen molar-refractivity contribution in [3.63, 3.8) is 0 Å². The van der Waals surface area contributed by atoms with Crippen LogP contribution in [0.5, 0.6) is 0 Å². The Labute approximate surface area is 74.6 Å². The maximum atomic E-state index is 5.96. The van der Waals surface area contributed by atoms with Gasteiger partial charge in [0.05, 0.1) is 0 Å². The lowest BCUT2D eigenvalue weighted by Crippen LogP contribution is -2.00. The van der Waals surface area contributed by atoms with E-state index in [1.807, 2.05) is 0 Å². The van der Waals surface area contributed by atoms with Gasteiger partial charge in [-0.25, -0.2) is 0 Å². The van der Waals surface area contributed by atoms with Crippen molar-refractivity contribution >= 4 is 5.69 Å². The molecule has 1 heteroatoms. The summed E-state index contributed by atoms with van der Waals surface area (Å²) in [5.74, 6) is 0.574. The monoisotopic (exact) mass is 163 g/mol. The average molecular weight is 163 g/mol. The fraction of sp³-hybridized carbons (Fsp3) is 0.455. The summed E-state index contributed by atoms with van der Waals surface area (Å²) >= 11 is 0. The first-order valence-corrected chi connectivity index (χ1v) is 4.51. The van der Waals surface area contributed by atoms with E-state index in [0.717, 1.165) is 12.1 Å². The van der Waals surface area contributed by atoms with E-state index in [1.54, 1.807) is 0 Å². The second-order valence-electron chi connectivity index (χ2n) is 3.39. The lowest BCUT2D eigenvalue weighted by molar-refractivity contribution is 0.735. The number of hydrogen-bond donors (Lipinski definition) is 1. The highest BCUT2D eigenvalue weighted by Crippen LogP contribution is 2.26. The fourth-order valence-electron chi connectivity index (χ4n) is 1.35. The molecule has 0 spiro atoms. The van der Waals surface area contributed by atoms with Crippen molar-refractivity contribution in [3.8, 4) is 0 Å². The number of nitrogens with two attached hydrogens (primary N) is 1. The molecule has 1 nitrogen and oxygen atoms in total. The highest BCUT2D eigenvalue weighted by molar-refractivity contribution is 5.54. The van der Waals surface area contributed by atoms with Gasteiger partial charge in [0.15, 0.2) is 0 Å². The third-order valence-corrected chi connectivity index (χ3v) is 2.50. The van der Waals surface area contributed by atoms with Gasteiger partial charge in [0.25, 0.3) is 0 Å². The molecule has 0 fully saturated rings. The van der Waals surface area contributed by atoms with Gasteiger partial charge in [-0.15, -0.1) is 0 Å². The van der Waals surface area contributed by atoms with E-state index in [9.17, 15) is 0 Å². The van der Waals surface area contributed by atoms with E-state index in [1.165, 1.54) is 11.1 Å². The molecule has 0 amide bonds. The number of benzene rings is 1. The van der Waals surface area contributed by atoms with Crippen LogP contribution in [0.4, 0.5) is 5.69 Å². The van der Waals surface area contributed by atoms with Crippen LogP contribution in [0, 0.1) is 6.92 Å². The molecule has 66 valence electrons. The molecule has 1 aromatic carbocycles. The maximum Gasteiger partial charge on any atom is 0.0379 e. The maximum absolute atomic E-state index is 5.96. The Morgan fingerprint density at radius 2 is 2.08 bits per heavy atom. The van der Waals surface area contributed by atoms with Crippen molar-refractivity contribution in [2.45, 2.75) is 33.1 Å². The van der Waals surface area contributed by atoms with E-state index >= 15 is 0 Å². The molecular weight excluding hydrogens is 146 g/mol. The lowest BCUT2D eigenvalue weighted by Gasteiger charge is -2.13. The summed E-state index contributed by atoms with van der Waals surface area (Å²) in [7, 11) is 0. The Bertz CT molecular complexity index is 266. The Balaban J connectivity index is 3.07. The van der Waals surface area contributed by atoms with Crippen molar-refractivity contribution in [2.75, 3.05) is 5.73 Å². The Hall–Kier alpha value is -0.980. The van der Waals surface area contributed by atoms with Gasteiger partial charge in [-0.3, -0.25) is 0 Å². The standard InChI is InChI=1S/C11H17N/c1-4-8(2)10-7-5-6-9(3)11(10)12/h5-8H,4,12H2,1-3H3/t8-/m0/s1. The van der Waals surface area contributed by atoms with Crippen molar-refractivity contribution < 1.29 is 0 Å². The Morgan fingerprint density at radius 1 is 1.42 bits per heavy atom. The first kappa shape index (κ1) is 9.11. The molecule has 2 N–H and O–H groups in total. The summed E-state index contributed by atoms with van der Waals surface area (Å²) in [6, 6.07) is 6.25. The quantitative estimate of drug-likeness (QED) is 0.666. The predicted molar refractivity (Wildman–Crippen MR) is 54.3 cm³/mol. The first-order chi connectivity index (χ1) is 5.66. The molecule has 0 aromatic heterocycles. The Morgan fingerprint density at radius 3 is 2.67 bits per heavy atom. The van der Waals surface area contributed by atoms with Crippen molar-refractivity contribution in [1.82, 2.24) is 0 Å². The largest absolute Gasteiger partial charge is 0.398 e. The summed E-state index contributed by atoms with van der Waals surface area (Å²) in [6.45, 7) is 6.46. The zero-order chi connectivity index (χ0) is 9.14. The van der Waals surface area contributed by atoms with Gasteiger partial charge in [-0.05, 0) is 30.4 Å². The highest BCUT2D eigenvalue weighted by atomic mass is 14.6. The number of rotatable bonds is 2. The minimum absolute atomic E-state index is 0.574. The molecule has 0 unspecified atom stereocenters. The third-order valence-electron chi connectivity index (χ3n) is 2.50. The average Bonchev–Trinajstić information content (AvgIpc) is 2.08. The van der Waals surface area contributed by atoms with Crippen molar-refractivity contribution in [1.29, 1.82) is 0 Å². The number of anilines is 1. The molecule has 0 bridgehead atoms. The van der Waals surface area contributed by atoms with Gasteiger partial charge in [-0.2, -0.15) is 0 Å². The fourth-order valence-corrected chi connectivity index (χ4v) is 1.35. The molecule has 1 aromatic rings. The minimum atomic E-state index is 0.574. The second-order valence-corrected chi connectivity index (χ2v) is 3.39. The number of aryl methyl sites for hydroxylation is 1. The number of para-hydroxylation sites is 1. The van der Waals surface area contributed by atoms with Crippen LogP contribution in [0.15, 0.2) is 18.2 Å². The van der Waals surface area contributed by atoms with E-state index in [0.29, 0.717) is 5.92 Å². The van der Waals surface area contributed by atoms with Crippen molar-refractivity contribution in [2.24, 2.45) is 0 Å². The summed E-state index contributed by atoms with van der Waals surface area (Å²) in [4.78, 5) is 0. The van der Waals surface area contributed by atoms with Gasteiger partial charge in [0, 0.05) is 5.69 Å². The third kappa shape index (κ3) is 1.60. The van der Waals surface area contributed by atoms with Crippen LogP contribution in [-0.4, -0.2) is 0 Å². The SMILES string of the molecule is CC[C@H](C)c1cccc(C)c1N. The van der Waals surface area contributed by atoms with Gasteiger partial charge < -0.3 is 5.73 Å². The summed E-state index contributed by atoms with van der Waals surface area (Å²) < 4.78 is 0. The predicted octanol–water partition coefficient (Wildman–Crippen LogP) is 3.09. The van der Waals surface area contributed by atoms with E-state index in [-0.39, 0.29) is 0 Å². The van der Waals surface area contributed by atoms with Crippen LogP contribution >= 0.6 is 0 Å². The normalized spacial score (nSPS) is 12.9. The molecule has 0 aliphatic heterocycles. The molecular formula is C11H17N. The molecule has 0 saturated carbocycles. The number of hydrogen-bond acceptors (Lipinski definition) is 1. The molecule has 0 aliphatic rings. The molecule has 1 rings (SSSR count). The smallest absolute Gasteiger partial charge is 0.0379 e. The van der Waals surface area contributed by atoms with Gasteiger partial charge in [-0.1, -0.05) is 32.0 Å². The lowest BCUT2D eigenvalue weighted by atomic mass is 9.95. The van der Waals surface area contributed by atoms with Crippen molar-refractivity contribution in [3.05, 3.63) is 29.3 Å². The van der Waals surface area contributed by atoms with Crippen LogP contribution in [0.1, 0.15) is 37.3 Å². The first-order valence-electron chi connectivity index (χ1n) is 4.51. The molecule has 0 heterocycles. The highest BCUT2D eigenvalue weighted by Gasteiger charge is 2.07. The van der Waals surface area contributed by atoms with E-state index < -0.39 is 0 Å². The van der Waals surface area contributed by atoms with E-state index in [2.05, 4.69) is 39.0 Å². The minimum Gasteiger partial charge on any atom is -0.398 e. The Kier molecular flexibility index (Phi) is 2.74. The topological polar surface area (TPSA) is 26.0 Å². The second kappa shape index (κ2) is 3.61. The van der Waals surface area contributed by atoms with Crippen LogP contribution in [-0.2, 0) is 0 Å². The summed E-state index contributed by atoms with van der Waals surface area (Å²) in [5, 5.41) is 0. The molecule has 0 radical (unpaired) electrons. The molecule has 12 heavy (non-hydrogen) atoms. The zero-order valence-corrected chi connectivity index (χ0v) is 8.09. The van der Waals surface area contributed by atoms with Crippen LogP contribution in [0.2, 0.25) is 0 Å². The van der Waals surface area contributed by atoms with Crippen LogP contribution < -0.4 is 5.73 Å². The summed E-state index contributed by atoms with van der Waals surface area (Å²) in [5.41, 5.74) is 9.40. The summed E-state index contributed by atoms with van der Waals surface area (Å²) in [6.07, 6.45) is 1.15. The van der Waals surface area contributed by atoms with Crippen LogP contribution in [0.25, 0.3) is 0 Å². The van der Waals surface area contributed by atoms with Gasteiger partial charge in [0.1, 0.15) is 0 Å².